The number of sulfonamides is 1. The Morgan fingerprint density at radius 1 is 0.875 bits per heavy atom. The number of nitrogens with one attached hydrogen (secondary N) is 1. The van der Waals surface area contributed by atoms with Gasteiger partial charge in [0.15, 0.2) is 0 Å². The van der Waals surface area contributed by atoms with Crippen LogP contribution in [0, 0.1) is 6.92 Å². The van der Waals surface area contributed by atoms with Gasteiger partial charge in [0.1, 0.15) is 12.6 Å². The van der Waals surface area contributed by atoms with E-state index in [1.165, 1.54) is 17.0 Å². The maximum Gasteiger partial charge on any atom is 0.264 e. The fraction of sp³-hybridized carbons (Fsp3) is 0.297. The smallest absolute Gasteiger partial charge is 0.264 e. The predicted molar refractivity (Wildman–Crippen MR) is 196 cm³/mol. The van der Waals surface area contributed by atoms with Crippen molar-refractivity contribution in [3.8, 4) is 0 Å². The summed E-state index contributed by atoms with van der Waals surface area (Å²) in [5.74, 6) is -0.890. The highest BCUT2D eigenvalue weighted by Crippen LogP contribution is 2.30. The summed E-state index contributed by atoms with van der Waals surface area (Å²) in [6, 6.07) is 26.8. The first-order valence-electron chi connectivity index (χ1n) is 15.9. The summed E-state index contributed by atoms with van der Waals surface area (Å²) in [5, 5.41) is 3.88. The lowest BCUT2D eigenvalue weighted by Crippen LogP contribution is -2.55. The maximum atomic E-state index is 14.7. The minimum Gasteiger partial charge on any atom is -0.352 e. The third-order valence-corrected chi connectivity index (χ3v) is 11.6. The lowest BCUT2D eigenvalue weighted by Gasteiger charge is -2.35. The zero-order chi connectivity index (χ0) is 34.3. The van der Waals surface area contributed by atoms with Gasteiger partial charge in [0, 0.05) is 39.1 Å². The summed E-state index contributed by atoms with van der Waals surface area (Å²) in [7, 11) is -4.22. The molecule has 48 heavy (non-hydrogen) atoms. The van der Waals surface area contributed by atoms with Gasteiger partial charge >= 0.3 is 0 Å². The standard InChI is InChI=1S/C37H38BrCl2N3O4S/c1-26-18-20-31(21-19-26)48(46,47)43(30-15-8-12-28(38)23-30)25-36(44)42(24-32-33(39)16-9-17-34(32)40)35(22-27-10-4-2-5-11-27)37(45)41-29-13-6-3-7-14-29/h2,4-5,8-12,15-21,23,29,35H,3,6-7,13-14,22,24-25H2,1H3,(H,41,45)/t35-/m1/s1. The number of nitrogens with zero attached hydrogens (tertiary/aromatic N) is 2. The summed E-state index contributed by atoms with van der Waals surface area (Å²) in [4.78, 5) is 30.5. The van der Waals surface area contributed by atoms with E-state index in [-0.39, 0.29) is 29.8 Å². The Morgan fingerprint density at radius 2 is 1.52 bits per heavy atom. The summed E-state index contributed by atoms with van der Waals surface area (Å²) in [5.41, 5.74) is 2.50. The van der Waals surface area contributed by atoms with Gasteiger partial charge in [-0.3, -0.25) is 13.9 Å². The number of hydrogen-bond acceptors (Lipinski definition) is 4. The Morgan fingerprint density at radius 3 is 2.17 bits per heavy atom. The number of aryl methyl sites for hydroxylation is 1. The normalized spacial score (nSPS) is 14.2. The monoisotopic (exact) mass is 769 g/mol. The molecule has 7 nitrogen and oxygen atoms in total. The zero-order valence-electron chi connectivity index (χ0n) is 26.6. The van der Waals surface area contributed by atoms with E-state index in [0.29, 0.717) is 25.8 Å². The Bertz CT molecular complexity index is 1820. The van der Waals surface area contributed by atoms with E-state index in [2.05, 4.69) is 21.2 Å². The van der Waals surface area contributed by atoms with Crippen molar-refractivity contribution in [3.63, 3.8) is 0 Å². The van der Waals surface area contributed by atoms with Crippen molar-refractivity contribution < 1.29 is 18.0 Å². The van der Waals surface area contributed by atoms with Gasteiger partial charge in [-0.15, -0.1) is 0 Å². The molecule has 1 saturated carbocycles. The molecule has 1 aliphatic rings. The van der Waals surface area contributed by atoms with Gasteiger partial charge in [0.2, 0.25) is 11.8 Å². The highest BCUT2D eigenvalue weighted by Gasteiger charge is 2.36. The second kappa shape index (κ2) is 16.4. The van der Waals surface area contributed by atoms with Crippen LogP contribution in [-0.4, -0.2) is 43.8 Å². The van der Waals surface area contributed by atoms with Gasteiger partial charge in [-0.25, -0.2) is 8.42 Å². The molecule has 1 N–H and O–H groups in total. The average molecular weight is 772 g/mol. The lowest BCUT2D eigenvalue weighted by molar-refractivity contribution is -0.140. The fourth-order valence-corrected chi connectivity index (χ4v) is 8.26. The van der Waals surface area contributed by atoms with Crippen LogP contribution in [0.4, 0.5) is 5.69 Å². The molecule has 11 heteroatoms. The molecule has 0 aromatic heterocycles. The van der Waals surface area contributed by atoms with Gasteiger partial charge in [-0.05, 0) is 67.8 Å². The van der Waals surface area contributed by atoms with Crippen LogP contribution in [0.3, 0.4) is 0 Å². The van der Waals surface area contributed by atoms with Crippen LogP contribution in [0.25, 0.3) is 0 Å². The molecule has 0 spiro atoms. The second-order valence-electron chi connectivity index (χ2n) is 12.1. The molecular weight excluding hydrogens is 733 g/mol. The molecular formula is C37H38BrCl2N3O4S. The van der Waals surface area contributed by atoms with Crippen molar-refractivity contribution in [3.05, 3.63) is 128 Å². The van der Waals surface area contributed by atoms with Crippen LogP contribution in [0.1, 0.15) is 48.8 Å². The summed E-state index contributed by atoms with van der Waals surface area (Å²) in [6.45, 7) is 1.19. The minimum absolute atomic E-state index is 0.00883. The molecule has 5 rings (SSSR count). The molecule has 0 heterocycles. The Hall–Kier alpha value is -3.37. The van der Waals surface area contributed by atoms with Crippen LogP contribution in [0.2, 0.25) is 10.0 Å². The number of anilines is 1. The highest BCUT2D eigenvalue weighted by atomic mass is 79.9. The highest BCUT2D eigenvalue weighted by molar-refractivity contribution is 9.10. The Kier molecular flexibility index (Phi) is 12.2. The van der Waals surface area contributed by atoms with Crippen molar-refractivity contribution in [2.75, 3.05) is 10.8 Å². The third-order valence-electron chi connectivity index (χ3n) is 8.60. The minimum atomic E-state index is -4.22. The number of halogens is 3. The molecule has 0 bridgehead atoms. The number of carbonyl (C=O) groups excluding carboxylic acids is 2. The molecule has 0 aliphatic heterocycles. The van der Waals surface area contributed by atoms with Gasteiger partial charge in [-0.2, -0.15) is 0 Å². The molecule has 1 aliphatic carbocycles. The molecule has 252 valence electrons. The Labute approximate surface area is 301 Å². The first-order valence-corrected chi connectivity index (χ1v) is 18.9. The van der Waals surface area contributed by atoms with Crippen LogP contribution in [0.5, 0.6) is 0 Å². The van der Waals surface area contributed by atoms with Crippen molar-refractivity contribution in [2.45, 2.75) is 69.0 Å². The summed E-state index contributed by atoms with van der Waals surface area (Å²) >= 11 is 16.7. The van der Waals surface area contributed by atoms with E-state index in [1.807, 2.05) is 37.3 Å². The van der Waals surface area contributed by atoms with E-state index >= 15 is 0 Å². The summed E-state index contributed by atoms with van der Waals surface area (Å²) < 4.78 is 30.2. The van der Waals surface area contributed by atoms with Crippen molar-refractivity contribution in [1.29, 1.82) is 0 Å². The maximum absolute atomic E-state index is 14.7. The molecule has 4 aromatic carbocycles. The fourth-order valence-electron chi connectivity index (χ4n) is 5.95. The predicted octanol–water partition coefficient (Wildman–Crippen LogP) is 8.35. The average Bonchev–Trinajstić information content (AvgIpc) is 3.07. The first kappa shape index (κ1) is 35.9. The molecule has 1 fully saturated rings. The third kappa shape index (κ3) is 8.99. The van der Waals surface area contributed by atoms with Crippen molar-refractivity contribution in [1.82, 2.24) is 10.2 Å². The van der Waals surface area contributed by atoms with Gasteiger partial charge in [-0.1, -0.05) is 119 Å². The van der Waals surface area contributed by atoms with Crippen molar-refractivity contribution >= 4 is 66.7 Å². The quantitative estimate of drug-likeness (QED) is 0.157. The SMILES string of the molecule is Cc1ccc(S(=O)(=O)N(CC(=O)N(Cc2c(Cl)cccc2Cl)[C@H](Cc2ccccc2)C(=O)NC2CCCCC2)c2cccc(Br)c2)cc1. The first-order chi connectivity index (χ1) is 23.0. The van der Waals surface area contributed by atoms with Gasteiger partial charge in [0.25, 0.3) is 10.0 Å². The van der Waals surface area contributed by atoms with E-state index in [4.69, 9.17) is 23.2 Å². The largest absolute Gasteiger partial charge is 0.352 e. The summed E-state index contributed by atoms with van der Waals surface area (Å²) in [6.07, 6.45) is 5.08. The van der Waals surface area contributed by atoms with Crippen LogP contribution in [0.15, 0.2) is 106 Å². The van der Waals surface area contributed by atoms with Gasteiger partial charge < -0.3 is 10.2 Å². The van der Waals surface area contributed by atoms with Gasteiger partial charge in [0.05, 0.1) is 10.6 Å². The molecule has 0 unspecified atom stereocenters. The molecule has 0 radical (unpaired) electrons. The van der Waals surface area contributed by atoms with E-state index in [1.54, 1.807) is 54.6 Å². The van der Waals surface area contributed by atoms with Crippen molar-refractivity contribution in [2.24, 2.45) is 0 Å². The molecule has 0 saturated heterocycles. The van der Waals surface area contributed by atoms with Crippen LogP contribution < -0.4 is 9.62 Å². The number of rotatable bonds is 12. The molecule has 4 aromatic rings. The number of benzene rings is 4. The number of hydrogen-bond donors (Lipinski definition) is 1. The topological polar surface area (TPSA) is 86.8 Å². The number of carbonyl (C=O) groups is 2. The number of amides is 2. The molecule has 2 amide bonds. The van der Waals surface area contributed by atoms with Crippen LogP contribution in [-0.2, 0) is 32.6 Å². The van der Waals surface area contributed by atoms with E-state index in [9.17, 15) is 18.0 Å². The lowest BCUT2D eigenvalue weighted by atomic mass is 9.94. The molecule has 1 atom stereocenters. The second-order valence-corrected chi connectivity index (χ2v) is 15.7. The van der Waals surface area contributed by atoms with Crippen LogP contribution >= 0.6 is 39.1 Å². The Balaban J connectivity index is 1.59. The zero-order valence-corrected chi connectivity index (χ0v) is 30.5. The van der Waals surface area contributed by atoms with E-state index < -0.39 is 28.5 Å². The van der Waals surface area contributed by atoms with E-state index in [0.717, 1.165) is 47.5 Å².